The Bertz CT molecular complexity index is 2060. The van der Waals surface area contributed by atoms with Gasteiger partial charge in [0, 0.05) is 5.75 Å². The molecule has 0 bridgehead atoms. The SMILES string of the molecule is COc1c[c-]c(N=Nc2cc(C)ccc2O)cc1.[Br][Ru+].c1ccc([As](c2ccccc2)c2ccccc2)cc1.c1ccc([As](c2ccccc2)c2ccccc2)cc1. The molecule has 1 N–H and O–H groups in total. The average molecular weight is 1030 g/mol. The van der Waals surface area contributed by atoms with Crippen LogP contribution in [0.1, 0.15) is 5.56 Å². The van der Waals surface area contributed by atoms with Gasteiger partial charge in [-0.25, -0.2) is 0 Å². The molecule has 0 aliphatic heterocycles. The Morgan fingerprint density at radius 2 is 0.828 bits per heavy atom. The molecule has 0 radical (unpaired) electrons. The number of aromatic hydroxyl groups is 1. The molecule has 0 heterocycles. The van der Waals surface area contributed by atoms with Crippen LogP contribution in [0.4, 0.5) is 11.4 Å². The molecule has 8 heteroatoms. The number of methoxy groups -OCH3 is 1. The van der Waals surface area contributed by atoms with Crippen molar-refractivity contribution in [3.63, 3.8) is 0 Å². The van der Waals surface area contributed by atoms with Crippen molar-refractivity contribution in [3.8, 4) is 11.5 Å². The van der Waals surface area contributed by atoms with Crippen LogP contribution in [-0.2, 0) is 16.3 Å². The van der Waals surface area contributed by atoms with Crippen molar-refractivity contribution in [1.82, 2.24) is 0 Å². The second-order valence-electron chi connectivity index (χ2n) is 12.5. The molecule has 0 spiro atoms. The van der Waals surface area contributed by atoms with Crippen LogP contribution in [0, 0.1) is 13.0 Å². The van der Waals surface area contributed by atoms with Crippen LogP contribution in [0.3, 0.4) is 0 Å². The fourth-order valence-electron chi connectivity index (χ4n) is 5.77. The van der Waals surface area contributed by atoms with Crippen molar-refractivity contribution < 1.29 is 26.2 Å². The molecule has 8 aromatic rings. The van der Waals surface area contributed by atoms with Crippen molar-refractivity contribution in [2.45, 2.75) is 6.92 Å². The van der Waals surface area contributed by atoms with Gasteiger partial charge in [-0.05, 0) is 30.3 Å². The summed E-state index contributed by atoms with van der Waals surface area (Å²) in [5.74, 6) is 0.824. The molecule has 0 aliphatic carbocycles. The normalized spacial score (nSPS) is 10.4. The Hall–Kier alpha value is -4.82. The van der Waals surface area contributed by atoms with Crippen LogP contribution >= 0.6 is 13.6 Å². The molecule has 0 amide bonds. The van der Waals surface area contributed by atoms with Gasteiger partial charge in [-0.2, -0.15) is 11.2 Å². The van der Waals surface area contributed by atoms with E-state index < -0.39 is 29.3 Å². The van der Waals surface area contributed by atoms with Gasteiger partial charge in [0.25, 0.3) is 0 Å². The van der Waals surface area contributed by atoms with Crippen LogP contribution in [0.25, 0.3) is 0 Å². The fraction of sp³-hybridized carbons (Fsp3) is 0.0400. The summed E-state index contributed by atoms with van der Waals surface area (Å²) in [6.45, 7) is 1.93. The minimum atomic E-state index is -1.39. The fourth-order valence-corrected chi connectivity index (χ4v) is 15.4. The number of aryl methyl sites for hydroxylation is 1. The zero-order valence-corrected chi connectivity index (χ0v) is 39.2. The second kappa shape index (κ2) is 24.8. The number of halogens is 1. The number of phenols is 1. The van der Waals surface area contributed by atoms with E-state index in [1.807, 2.05) is 13.0 Å². The Morgan fingerprint density at radius 1 is 0.483 bits per heavy atom. The van der Waals surface area contributed by atoms with Gasteiger partial charge in [-0.15, -0.1) is 23.3 Å². The maximum atomic E-state index is 9.61. The summed E-state index contributed by atoms with van der Waals surface area (Å²) >= 11 is 2.25. The van der Waals surface area contributed by atoms with Crippen LogP contribution in [0.5, 0.6) is 11.5 Å². The van der Waals surface area contributed by atoms with Crippen molar-refractivity contribution in [1.29, 1.82) is 0 Å². The van der Waals surface area contributed by atoms with E-state index in [0.29, 0.717) is 17.1 Å². The van der Waals surface area contributed by atoms with E-state index in [4.69, 9.17) is 4.74 Å². The van der Waals surface area contributed by atoms with E-state index in [-0.39, 0.29) is 5.75 Å². The van der Waals surface area contributed by atoms with Gasteiger partial charge in [-0.1, -0.05) is 6.07 Å². The van der Waals surface area contributed by atoms with Gasteiger partial charge in [0.2, 0.25) is 0 Å². The van der Waals surface area contributed by atoms with Gasteiger partial charge in [0.1, 0.15) is 11.4 Å². The van der Waals surface area contributed by atoms with E-state index in [9.17, 15) is 5.11 Å². The summed E-state index contributed by atoms with van der Waals surface area (Å²) in [6.07, 6.45) is 0. The number of rotatable bonds is 9. The summed E-state index contributed by atoms with van der Waals surface area (Å²) in [4.78, 5) is 0. The summed E-state index contributed by atoms with van der Waals surface area (Å²) in [7, 11) is 1.59. The topological polar surface area (TPSA) is 54.2 Å². The van der Waals surface area contributed by atoms with Crippen LogP contribution in [0.2, 0.25) is 0 Å². The molecule has 0 unspecified atom stereocenters. The summed E-state index contributed by atoms with van der Waals surface area (Å²) in [6, 6.07) is 78.7. The molecule has 0 aromatic heterocycles. The third-order valence-corrected chi connectivity index (χ3v) is 18.7. The summed E-state index contributed by atoms with van der Waals surface area (Å²) in [5.41, 5.74) is 2.04. The molecule has 0 saturated heterocycles. The first-order valence-electron chi connectivity index (χ1n) is 18.4. The first kappa shape index (κ1) is 44.3. The number of benzene rings is 8. The van der Waals surface area contributed by atoms with Gasteiger partial charge >= 0.3 is 267 Å². The number of hydrogen-bond donors (Lipinski definition) is 1. The van der Waals surface area contributed by atoms with E-state index in [2.05, 4.69) is 228 Å². The average Bonchev–Trinajstić information content (AvgIpc) is 3.30. The maximum absolute atomic E-state index is 9.61. The molecule has 0 atom stereocenters. The Kier molecular flexibility index (Phi) is 19.0. The van der Waals surface area contributed by atoms with Gasteiger partial charge in [0.15, 0.2) is 0 Å². The molecule has 0 aliphatic rings. The standard InChI is InChI=1S/2C18H15As.C14H13N2O2.BrH.Ru/c2*1-4-10-16(11-5-1)19(17-12-6-2-7-13-17)18-14-8-3-9-15-18;1-10-3-8-14(17)13(9-10)16-15-11-4-6-12(18-2)7-5-11;;/h2*1-15H;3-4,6-9,17H,1-2H3;1H;/q;;-1;;+2/p-1. The van der Waals surface area contributed by atoms with Crippen molar-refractivity contribution in [3.05, 3.63) is 230 Å². The molecule has 8 rings (SSSR count). The quantitative estimate of drug-likeness (QED) is 0.0892. The van der Waals surface area contributed by atoms with E-state index in [1.165, 1.54) is 26.1 Å². The van der Waals surface area contributed by atoms with E-state index in [0.717, 1.165) is 5.56 Å². The first-order valence-corrected chi connectivity index (χ1v) is 28.0. The zero-order chi connectivity index (χ0) is 40.8. The zero-order valence-electron chi connectivity index (χ0n) is 32.2. The molecule has 8 aromatic carbocycles. The van der Waals surface area contributed by atoms with E-state index in [1.54, 1.807) is 37.4 Å². The minimum absolute atomic E-state index is 0.109. The molecule has 4 nitrogen and oxygen atoms in total. The van der Waals surface area contributed by atoms with Crippen molar-refractivity contribution in [2.24, 2.45) is 10.2 Å². The van der Waals surface area contributed by atoms with Crippen LogP contribution in [0.15, 0.2) is 229 Å². The van der Waals surface area contributed by atoms with Crippen LogP contribution < -0.4 is 30.8 Å². The second-order valence-corrected chi connectivity index (χ2v) is 21.8. The summed E-state index contributed by atoms with van der Waals surface area (Å²) < 4.78 is 13.9. The Balaban J connectivity index is 0.000000162. The van der Waals surface area contributed by atoms with Crippen molar-refractivity contribution >= 4 is 80.4 Å². The Labute approximate surface area is 369 Å². The molecule has 0 fully saturated rings. The predicted octanol–water partition coefficient (Wildman–Crippen LogP) is 9.17. The molecular formula is C50H43As2BrN2O2Ru. The molecular weight excluding hydrogens is 991 g/mol. The number of nitrogens with zero attached hydrogens (tertiary/aromatic N) is 2. The number of phenolic OH excluding ortho intramolecular Hbond substituents is 1. The van der Waals surface area contributed by atoms with Crippen molar-refractivity contribution in [2.75, 3.05) is 7.11 Å². The molecule has 290 valence electrons. The summed E-state index contributed by atoms with van der Waals surface area (Å²) in [5, 5.41) is 17.6. The van der Waals surface area contributed by atoms with Gasteiger partial charge < -0.3 is 9.84 Å². The number of azo groups is 1. The molecule has 58 heavy (non-hydrogen) atoms. The third-order valence-electron chi connectivity index (χ3n) is 8.49. The third kappa shape index (κ3) is 13.6. The number of ether oxygens (including phenoxy) is 1. The van der Waals surface area contributed by atoms with Crippen LogP contribution in [-0.4, -0.2) is 41.5 Å². The van der Waals surface area contributed by atoms with Gasteiger partial charge in [-0.3, -0.25) is 0 Å². The predicted molar refractivity (Wildman–Crippen MR) is 246 cm³/mol. The Morgan fingerprint density at radius 3 is 1.12 bits per heavy atom. The van der Waals surface area contributed by atoms with E-state index >= 15 is 0 Å². The van der Waals surface area contributed by atoms with Gasteiger partial charge in [0.05, 0.1) is 7.11 Å². The monoisotopic (exact) mass is 1030 g/mol. The number of hydrogen-bond acceptors (Lipinski definition) is 4. The molecule has 0 saturated carbocycles. The first-order chi connectivity index (χ1) is 28.6.